The SMILES string of the molecule is CC(C)(C)NC(=O)c1ccc(NC(=O)c2nnn(-c3cccc(F)c3)c2C(F)(F)F)cc1. The average Bonchev–Trinajstić information content (AvgIpc) is 3.13. The van der Waals surface area contributed by atoms with Gasteiger partial charge in [0.2, 0.25) is 0 Å². The van der Waals surface area contributed by atoms with Crippen molar-refractivity contribution in [3.63, 3.8) is 0 Å². The Labute approximate surface area is 180 Å². The van der Waals surface area contributed by atoms with Crippen LogP contribution in [0.15, 0.2) is 48.5 Å². The van der Waals surface area contributed by atoms with E-state index in [9.17, 15) is 27.2 Å². The van der Waals surface area contributed by atoms with Crippen LogP contribution >= 0.6 is 0 Å². The molecule has 32 heavy (non-hydrogen) atoms. The standard InChI is InChI=1S/C21H19F4N5O2/c1-20(2,3)27-18(31)12-7-9-14(10-8-12)26-19(32)16-17(21(23,24)25)30(29-28-16)15-6-4-5-13(22)11-15/h4-11H,1-3H3,(H,26,32)(H,27,31). The van der Waals surface area contributed by atoms with Gasteiger partial charge < -0.3 is 10.6 Å². The van der Waals surface area contributed by atoms with Crippen molar-refractivity contribution in [3.05, 3.63) is 71.3 Å². The van der Waals surface area contributed by atoms with Crippen LogP contribution in [0.2, 0.25) is 0 Å². The van der Waals surface area contributed by atoms with E-state index in [2.05, 4.69) is 20.9 Å². The van der Waals surface area contributed by atoms with Gasteiger partial charge in [0.05, 0.1) is 5.69 Å². The van der Waals surface area contributed by atoms with Crippen molar-refractivity contribution in [1.29, 1.82) is 0 Å². The fraction of sp³-hybridized carbons (Fsp3) is 0.238. The van der Waals surface area contributed by atoms with E-state index in [1.165, 1.54) is 36.4 Å². The monoisotopic (exact) mass is 449 g/mol. The van der Waals surface area contributed by atoms with Crippen LogP contribution in [-0.4, -0.2) is 32.3 Å². The van der Waals surface area contributed by atoms with Crippen molar-refractivity contribution in [1.82, 2.24) is 20.3 Å². The molecule has 0 saturated carbocycles. The molecule has 2 amide bonds. The number of benzene rings is 2. The molecule has 1 aromatic heterocycles. The summed E-state index contributed by atoms with van der Waals surface area (Å²) in [6, 6.07) is 9.91. The van der Waals surface area contributed by atoms with Gasteiger partial charge in [0, 0.05) is 16.8 Å². The number of carbonyl (C=O) groups is 2. The molecule has 2 N–H and O–H groups in total. The second-order valence-corrected chi connectivity index (χ2v) is 7.91. The first kappa shape index (κ1) is 22.9. The maximum Gasteiger partial charge on any atom is 0.435 e. The van der Waals surface area contributed by atoms with Crippen molar-refractivity contribution in [2.75, 3.05) is 5.32 Å². The van der Waals surface area contributed by atoms with Gasteiger partial charge in [0.25, 0.3) is 11.8 Å². The summed E-state index contributed by atoms with van der Waals surface area (Å²) in [6.45, 7) is 5.44. The van der Waals surface area contributed by atoms with E-state index in [1.807, 2.05) is 20.8 Å². The van der Waals surface area contributed by atoms with Gasteiger partial charge in [-0.05, 0) is 63.2 Å². The zero-order valence-corrected chi connectivity index (χ0v) is 17.3. The molecule has 0 saturated heterocycles. The Kier molecular flexibility index (Phi) is 6.02. The van der Waals surface area contributed by atoms with E-state index in [0.29, 0.717) is 10.2 Å². The Balaban J connectivity index is 1.86. The summed E-state index contributed by atoms with van der Waals surface area (Å²) in [5, 5.41) is 11.8. The second kappa shape index (κ2) is 8.40. The lowest BCUT2D eigenvalue weighted by Crippen LogP contribution is -2.40. The first-order valence-corrected chi connectivity index (χ1v) is 9.38. The van der Waals surface area contributed by atoms with Crippen molar-refractivity contribution >= 4 is 17.5 Å². The lowest BCUT2D eigenvalue weighted by Gasteiger charge is -2.20. The zero-order chi connectivity index (χ0) is 23.7. The minimum absolute atomic E-state index is 0.149. The maximum absolute atomic E-state index is 13.7. The average molecular weight is 449 g/mol. The first-order valence-electron chi connectivity index (χ1n) is 9.38. The molecule has 0 aliphatic carbocycles. The number of anilines is 1. The zero-order valence-electron chi connectivity index (χ0n) is 17.3. The molecule has 0 radical (unpaired) electrons. The Bertz CT molecular complexity index is 1150. The van der Waals surface area contributed by atoms with E-state index in [0.717, 1.165) is 12.1 Å². The minimum Gasteiger partial charge on any atom is -0.347 e. The number of hydrogen-bond acceptors (Lipinski definition) is 4. The molecule has 11 heteroatoms. The van der Waals surface area contributed by atoms with Gasteiger partial charge in [0.15, 0.2) is 11.4 Å². The highest BCUT2D eigenvalue weighted by Gasteiger charge is 2.42. The summed E-state index contributed by atoms with van der Waals surface area (Å²) >= 11 is 0. The molecule has 0 atom stereocenters. The summed E-state index contributed by atoms with van der Waals surface area (Å²) in [7, 11) is 0. The van der Waals surface area contributed by atoms with Crippen molar-refractivity contribution in [2.24, 2.45) is 0 Å². The highest BCUT2D eigenvalue weighted by atomic mass is 19.4. The second-order valence-electron chi connectivity index (χ2n) is 7.91. The molecule has 0 aliphatic rings. The summed E-state index contributed by atoms with van der Waals surface area (Å²) in [5.41, 5.74) is -2.65. The molecule has 0 spiro atoms. The van der Waals surface area contributed by atoms with Crippen LogP contribution < -0.4 is 10.6 Å². The quantitative estimate of drug-likeness (QED) is 0.584. The lowest BCUT2D eigenvalue weighted by molar-refractivity contribution is -0.143. The normalized spacial score (nSPS) is 11.8. The topological polar surface area (TPSA) is 88.9 Å². The van der Waals surface area contributed by atoms with E-state index in [4.69, 9.17) is 0 Å². The molecule has 3 aromatic rings. The third-order valence-corrected chi connectivity index (χ3v) is 4.10. The largest absolute Gasteiger partial charge is 0.435 e. The molecule has 0 fully saturated rings. The summed E-state index contributed by atoms with van der Waals surface area (Å²) in [6.07, 6.45) is -4.99. The fourth-order valence-corrected chi connectivity index (χ4v) is 2.79. The predicted octanol–water partition coefficient (Wildman–Crippen LogP) is 4.21. The fourth-order valence-electron chi connectivity index (χ4n) is 2.79. The lowest BCUT2D eigenvalue weighted by atomic mass is 10.1. The number of carbonyl (C=O) groups excluding carboxylic acids is 2. The van der Waals surface area contributed by atoms with Crippen LogP contribution in [-0.2, 0) is 6.18 Å². The van der Waals surface area contributed by atoms with Crippen LogP contribution in [0.1, 0.15) is 47.3 Å². The molecule has 2 aromatic carbocycles. The highest BCUT2D eigenvalue weighted by molar-refractivity contribution is 6.04. The van der Waals surface area contributed by atoms with Crippen molar-refractivity contribution < 1.29 is 27.2 Å². The van der Waals surface area contributed by atoms with Gasteiger partial charge in [0.1, 0.15) is 5.82 Å². The van der Waals surface area contributed by atoms with E-state index < -0.39 is 34.8 Å². The molecule has 168 valence electrons. The number of amides is 2. The van der Waals surface area contributed by atoms with Gasteiger partial charge in [-0.2, -0.15) is 13.2 Å². The molecule has 0 bridgehead atoms. The number of hydrogen-bond donors (Lipinski definition) is 2. The summed E-state index contributed by atoms with van der Waals surface area (Å²) in [4.78, 5) is 24.7. The first-order chi connectivity index (χ1) is 14.8. The maximum atomic E-state index is 13.7. The number of halogens is 4. The number of rotatable bonds is 4. The molecule has 3 rings (SSSR count). The predicted molar refractivity (Wildman–Crippen MR) is 108 cm³/mol. The van der Waals surface area contributed by atoms with Crippen molar-refractivity contribution in [3.8, 4) is 5.69 Å². The van der Waals surface area contributed by atoms with Crippen molar-refractivity contribution in [2.45, 2.75) is 32.5 Å². The number of alkyl halides is 3. The molecule has 7 nitrogen and oxygen atoms in total. The Morgan fingerprint density at radius 1 is 0.969 bits per heavy atom. The van der Waals surface area contributed by atoms with Gasteiger partial charge >= 0.3 is 6.18 Å². The molecular weight excluding hydrogens is 430 g/mol. The molecule has 1 heterocycles. The van der Waals surface area contributed by atoms with Crippen LogP contribution in [0.5, 0.6) is 0 Å². The van der Waals surface area contributed by atoms with E-state index >= 15 is 0 Å². The summed E-state index contributed by atoms with van der Waals surface area (Å²) in [5.74, 6) is -2.27. The van der Waals surface area contributed by atoms with Gasteiger partial charge in [-0.1, -0.05) is 11.3 Å². The number of nitrogens with zero attached hydrogens (tertiary/aromatic N) is 3. The molecular formula is C21H19F4N5O2. The van der Waals surface area contributed by atoms with Gasteiger partial charge in [-0.15, -0.1) is 5.10 Å². The van der Waals surface area contributed by atoms with Gasteiger partial charge in [-0.25, -0.2) is 9.07 Å². The third-order valence-electron chi connectivity index (χ3n) is 4.10. The minimum atomic E-state index is -4.99. The third kappa shape index (κ3) is 5.29. The van der Waals surface area contributed by atoms with Gasteiger partial charge in [-0.3, -0.25) is 9.59 Å². The number of nitrogens with one attached hydrogen (secondary N) is 2. The molecule has 0 aliphatic heterocycles. The number of aromatic nitrogens is 3. The highest BCUT2D eigenvalue weighted by Crippen LogP contribution is 2.33. The smallest absolute Gasteiger partial charge is 0.347 e. The van der Waals surface area contributed by atoms with Crippen LogP contribution in [0.25, 0.3) is 5.69 Å². The Morgan fingerprint density at radius 2 is 1.62 bits per heavy atom. The van der Waals surface area contributed by atoms with E-state index in [1.54, 1.807) is 0 Å². The Morgan fingerprint density at radius 3 is 2.19 bits per heavy atom. The van der Waals surface area contributed by atoms with Crippen LogP contribution in [0, 0.1) is 5.82 Å². The Hall–Kier alpha value is -3.76. The van der Waals surface area contributed by atoms with Crippen LogP contribution in [0.4, 0.5) is 23.2 Å². The molecule has 0 unspecified atom stereocenters. The van der Waals surface area contributed by atoms with Crippen LogP contribution in [0.3, 0.4) is 0 Å². The summed E-state index contributed by atoms with van der Waals surface area (Å²) < 4.78 is 54.9. The van der Waals surface area contributed by atoms with E-state index in [-0.39, 0.29) is 17.3 Å².